The van der Waals surface area contributed by atoms with Gasteiger partial charge in [0.05, 0.1) is 24.0 Å². The molecule has 3 rings (SSSR count). The number of anilines is 1. The molecule has 1 fully saturated rings. The Morgan fingerprint density at radius 3 is 2.64 bits per heavy atom. The molecule has 0 amide bonds. The van der Waals surface area contributed by atoms with Gasteiger partial charge in [0, 0.05) is 18.0 Å². The van der Waals surface area contributed by atoms with Crippen molar-refractivity contribution in [1.29, 1.82) is 0 Å². The van der Waals surface area contributed by atoms with Crippen molar-refractivity contribution >= 4 is 51.4 Å². The summed E-state index contributed by atoms with van der Waals surface area (Å²) in [6.45, 7) is 0. The number of nitrogens with two attached hydrogens (primary N) is 1. The van der Waals surface area contributed by atoms with Crippen LogP contribution in [0, 0.1) is 0 Å². The summed E-state index contributed by atoms with van der Waals surface area (Å²) < 4.78 is 37.9. The predicted molar refractivity (Wildman–Crippen MR) is 94.8 cm³/mol. The van der Waals surface area contributed by atoms with Crippen LogP contribution in [0.3, 0.4) is 0 Å². The molecule has 0 saturated heterocycles. The molecule has 5 nitrogen and oxygen atoms in total. The first-order valence-corrected chi connectivity index (χ1v) is 8.52. The van der Waals surface area contributed by atoms with E-state index in [1.807, 2.05) is 0 Å². The molecule has 0 aromatic carbocycles. The van der Waals surface area contributed by atoms with E-state index in [4.69, 9.17) is 17.3 Å². The quantitative estimate of drug-likeness (QED) is 0.751. The van der Waals surface area contributed by atoms with Crippen LogP contribution >= 0.6 is 35.3 Å². The van der Waals surface area contributed by atoms with Gasteiger partial charge in [-0.15, -0.1) is 23.7 Å². The Kier molecular flexibility index (Phi) is 6.05. The normalized spacial score (nSPS) is 23.7. The molecule has 3 N–H and O–H groups in total. The number of halogens is 5. The third-order valence-electron chi connectivity index (χ3n) is 4.14. The van der Waals surface area contributed by atoms with Crippen LogP contribution in [0.4, 0.5) is 19.0 Å². The van der Waals surface area contributed by atoms with Crippen LogP contribution in [-0.2, 0) is 6.42 Å². The second-order valence-corrected chi connectivity index (χ2v) is 7.47. The first-order chi connectivity index (χ1) is 11.1. The molecular weight excluding hydrogens is 400 g/mol. The molecule has 0 spiro atoms. The summed E-state index contributed by atoms with van der Waals surface area (Å²) in [5.74, 6) is 0.410. The van der Waals surface area contributed by atoms with Crippen LogP contribution in [0.5, 0.6) is 0 Å². The van der Waals surface area contributed by atoms with Crippen molar-refractivity contribution in [1.82, 2.24) is 9.97 Å². The Hall–Kier alpha value is -0.870. The van der Waals surface area contributed by atoms with Gasteiger partial charge < -0.3 is 15.7 Å². The third-order valence-corrected chi connectivity index (χ3v) is 5.33. The minimum absolute atomic E-state index is 0. The Bertz CT molecular complexity index is 757. The lowest BCUT2D eigenvalue weighted by Gasteiger charge is -2.28. The number of likely N-dealkylation sites (N-methyl/N-ethyl adjacent to an activating group) is 1. The summed E-state index contributed by atoms with van der Waals surface area (Å²) in [5, 5.41) is 10.6. The van der Waals surface area contributed by atoms with Crippen LogP contribution in [0.2, 0.25) is 5.28 Å². The first-order valence-electron chi connectivity index (χ1n) is 7.33. The first kappa shape index (κ1) is 20.4. The average Bonchev–Trinajstić information content (AvgIpc) is 2.97. The third kappa shape index (κ3) is 4.46. The standard InChI is InChI=1S/C14H16ClF3N4OS.ClH/c1-22(9-2-6(19)3-10(9)23)11-8-4-7(5-14(16,17)18)24-12(8)21-13(15)20-11;/h4,6,9-10,23H,2-3,5,19H2,1H3;1H/t6-,9+,10-;/m1./s1. The Labute approximate surface area is 157 Å². The molecule has 140 valence electrons. The zero-order valence-corrected chi connectivity index (χ0v) is 15.5. The SMILES string of the molecule is CN(c1nc(Cl)nc2sc(CC(F)(F)F)cc12)[C@H]1C[C@@H](N)C[C@H]1O.Cl. The molecule has 2 aromatic heterocycles. The number of alkyl halides is 3. The maximum atomic E-state index is 12.6. The van der Waals surface area contributed by atoms with Gasteiger partial charge in [0.1, 0.15) is 10.6 Å². The largest absolute Gasteiger partial charge is 0.393 e. The van der Waals surface area contributed by atoms with E-state index >= 15 is 0 Å². The van der Waals surface area contributed by atoms with E-state index in [-0.39, 0.29) is 34.7 Å². The highest BCUT2D eigenvalue weighted by Gasteiger charge is 2.35. The summed E-state index contributed by atoms with van der Waals surface area (Å²) in [6, 6.07) is 1.06. The summed E-state index contributed by atoms with van der Waals surface area (Å²) in [5.41, 5.74) is 5.88. The van der Waals surface area contributed by atoms with Crippen LogP contribution in [0.25, 0.3) is 10.2 Å². The molecule has 0 bridgehead atoms. The number of hydrogen-bond donors (Lipinski definition) is 2. The minimum atomic E-state index is -4.29. The number of thiophene rings is 1. The van der Waals surface area contributed by atoms with Gasteiger partial charge in [-0.05, 0) is 30.5 Å². The lowest BCUT2D eigenvalue weighted by molar-refractivity contribution is -0.126. The maximum Gasteiger partial charge on any atom is 0.393 e. The summed E-state index contributed by atoms with van der Waals surface area (Å²) in [6.07, 6.45) is -4.90. The highest BCUT2D eigenvalue weighted by molar-refractivity contribution is 7.18. The second kappa shape index (κ2) is 7.40. The molecule has 0 aliphatic heterocycles. The van der Waals surface area contributed by atoms with Crippen molar-refractivity contribution in [2.45, 2.75) is 43.6 Å². The van der Waals surface area contributed by atoms with Crippen molar-refractivity contribution in [3.8, 4) is 0 Å². The Balaban J connectivity index is 0.00000225. The van der Waals surface area contributed by atoms with Crippen molar-refractivity contribution in [3.05, 3.63) is 16.2 Å². The number of aliphatic hydroxyl groups excluding tert-OH is 1. The van der Waals surface area contributed by atoms with E-state index in [0.717, 1.165) is 11.3 Å². The minimum Gasteiger partial charge on any atom is -0.391 e. The summed E-state index contributed by atoms with van der Waals surface area (Å²) in [4.78, 5) is 10.5. The van der Waals surface area contributed by atoms with Gasteiger partial charge in [-0.3, -0.25) is 0 Å². The number of rotatable bonds is 3. The van der Waals surface area contributed by atoms with Gasteiger partial charge in [-0.1, -0.05) is 0 Å². The van der Waals surface area contributed by atoms with Crippen LogP contribution in [0.1, 0.15) is 17.7 Å². The number of aromatic nitrogens is 2. The van der Waals surface area contributed by atoms with Crippen LogP contribution in [-0.4, -0.2) is 46.5 Å². The zero-order valence-electron chi connectivity index (χ0n) is 13.1. The van der Waals surface area contributed by atoms with Gasteiger partial charge in [-0.25, -0.2) is 4.98 Å². The molecular formula is C14H17Cl2F3N4OS. The summed E-state index contributed by atoms with van der Waals surface area (Å²) >= 11 is 6.87. The molecule has 1 aliphatic rings. The number of fused-ring (bicyclic) bond motifs is 1. The number of hydrogen-bond acceptors (Lipinski definition) is 6. The fourth-order valence-corrected chi connectivity index (χ4v) is 4.36. The van der Waals surface area contributed by atoms with Gasteiger partial charge >= 0.3 is 6.18 Å². The fourth-order valence-electron chi connectivity index (χ4n) is 3.09. The highest BCUT2D eigenvalue weighted by Crippen LogP contribution is 2.36. The summed E-state index contributed by atoms with van der Waals surface area (Å²) in [7, 11) is 1.73. The molecule has 3 atom stereocenters. The Morgan fingerprint density at radius 2 is 2.08 bits per heavy atom. The predicted octanol–water partition coefficient (Wildman–Crippen LogP) is 3.16. The van der Waals surface area contributed by atoms with Crippen molar-refractivity contribution < 1.29 is 18.3 Å². The van der Waals surface area contributed by atoms with Gasteiger partial charge in [0.15, 0.2) is 0 Å². The van der Waals surface area contributed by atoms with Crippen LogP contribution < -0.4 is 10.6 Å². The van der Waals surface area contributed by atoms with Gasteiger partial charge in [-0.2, -0.15) is 18.2 Å². The van der Waals surface area contributed by atoms with Gasteiger partial charge in [0.2, 0.25) is 5.28 Å². The molecule has 0 unspecified atom stereocenters. The fraction of sp³-hybridized carbons (Fsp3) is 0.571. The van der Waals surface area contributed by atoms with E-state index in [1.165, 1.54) is 6.07 Å². The highest BCUT2D eigenvalue weighted by atomic mass is 35.5. The topological polar surface area (TPSA) is 75.3 Å². The van der Waals surface area contributed by atoms with E-state index in [1.54, 1.807) is 11.9 Å². The molecule has 0 radical (unpaired) electrons. The average molecular weight is 417 g/mol. The molecule has 2 heterocycles. The zero-order chi connectivity index (χ0) is 17.6. The van der Waals surface area contributed by atoms with E-state index in [2.05, 4.69) is 9.97 Å². The van der Waals surface area contributed by atoms with E-state index in [9.17, 15) is 18.3 Å². The van der Waals surface area contributed by atoms with Crippen molar-refractivity contribution in [2.75, 3.05) is 11.9 Å². The number of aliphatic hydroxyl groups is 1. The molecule has 11 heteroatoms. The monoisotopic (exact) mass is 416 g/mol. The molecule has 25 heavy (non-hydrogen) atoms. The smallest absolute Gasteiger partial charge is 0.391 e. The van der Waals surface area contributed by atoms with E-state index < -0.39 is 18.7 Å². The lowest BCUT2D eigenvalue weighted by atomic mass is 10.1. The molecule has 1 saturated carbocycles. The molecule has 2 aromatic rings. The van der Waals surface area contributed by atoms with Crippen molar-refractivity contribution in [3.63, 3.8) is 0 Å². The molecule has 1 aliphatic carbocycles. The number of nitrogens with zero attached hydrogens (tertiary/aromatic N) is 3. The van der Waals surface area contributed by atoms with Crippen molar-refractivity contribution in [2.24, 2.45) is 5.73 Å². The second-order valence-electron chi connectivity index (χ2n) is 6.02. The van der Waals surface area contributed by atoms with Gasteiger partial charge in [0.25, 0.3) is 0 Å². The Morgan fingerprint density at radius 1 is 1.40 bits per heavy atom. The lowest BCUT2D eigenvalue weighted by Crippen LogP contribution is -2.38. The van der Waals surface area contributed by atoms with E-state index in [0.29, 0.717) is 28.9 Å². The van der Waals surface area contributed by atoms with Crippen LogP contribution in [0.15, 0.2) is 6.07 Å². The maximum absolute atomic E-state index is 12.6.